The van der Waals surface area contributed by atoms with E-state index in [0.29, 0.717) is 17.2 Å². The van der Waals surface area contributed by atoms with Gasteiger partial charge in [0.15, 0.2) is 11.5 Å². The molecule has 0 aromatic heterocycles. The zero-order valence-electron chi connectivity index (χ0n) is 18.3. The summed E-state index contributed by atoms with van der Waals surface area (Å²) >= 11 is 0. The van der Waals surface area contributed by atoms with Crippen LogP contribution in [-0.2, 0) is 15.8 Å². The quantitative estimate of drug-likeness (QED) is 0.589. The Bertz CT molecular complexity index is 1120. The Morgan fingerprint density at radius 2 is 1.79 bits per heavy atom. The molecule has 0 spiro atoms. The summed E-state index contributed by atoms with van der Waals surface area (Å²) in [6, 6.07) is 9.25. The second-order valence-corrected chi connectivity index (χ2v) is 8.15. The highest BCUT2D eigenvalue weighted by molar-refractivity contribution is 6.10. The van der Waals surface area contributed by atoms with Crippen molar-refractivity contribution in [1.82, 2.24) is 0 Å². The van der Waals surface area contributed by atoms with E-state index in [1.807, 2.05) is 5.92 Å². The van der Waals surface area contributed by atoms with Gasteiger partial charge in [-0.15, -0.1) is 6.42 Å². The molecule has 0 N–H and O–H groups in total. The number of rotatable bonds is 5. The highest BCUT2D eigenvalue weighted by Crippen LogP contribution is 2.43. The minimum atomic E-state index is -4.61. The molecule has 34 heavy (non-hydrogen) atoms. The van der Waals surface area contributed by atoms with Gasteiger partial charge in [-0.3, -0.25) is 14.5 Å². The molecular weight excluding hydrogens is 449 g/mol. The van der Waals surface area contributed by atoms with Gasteiger partial charge in [-0.1, -0.05) is 31.4 Å². The van der Waals surface area contributed by atoms with Crippen LogP contribution in [0, 0.1) is 12.3 Å². The van der Waals surface area contributed by atoms with Crippen LogP contribution in [0.15, 0.2) is 42.5 Å². The first kappa shape index (κ1) is 23.5. The zero-order valence-corrected chi connectivity index (χ0v) is 18.3. The van der Waals surface area contributed by atoms with Crippen LogP contribution in [0.3, 0.4) is 0 Å². The van der Waals surface area contributed by atoms with E-state index in [2.05, 4.69) is 0 Å². The van der Waals surface area contributed by atoms with E-state index < -0.39 is 30.1 Å². The van der Waals surface area contributed by atoms with Gasteiger partial charge < -0.3 is 14.4 Å². The summed E-state index contributed by atoms with van der Waals surface area (Å²) in [6.45, 7) is -0.504. The number of para-hydroxylation sites is 1. The Kier molecular flexibility index (Phi) is 6.68. The summed E-state index contributed by atoms with van der Waals surface area (Å²) in [5.41, 5.74) is -0.542. The van der Waals surface area contributed by atoms with Crippen molar-refractivity contribution in [2.24, 2.45) is 0 Å². The molecule has 4 rings (SSSR count). The maximum absolute atomic E-state index is 13.7. The highest BCUT2D eigenvalue weighted by Gasteiger charge is 2.35. The molecule has 0 atom stereocenters. The minimum Gasteiger partial charge on any atom is -0.454 e. The van der Waals surface area contributed by atoms with Crippen molar-refractivity contribution in [3.05, 3.63) is 48.0 Å². The van der Waals surface area contributed by atoms with E-state index >= 15 is 0 Å². The molecule has 1 heterocycles. The average Bonchev–Trinajstić information content (AvgIpc) is 3.32. The average molecular weight is 472 g/mol. The Hall–Kier alpha value is -3.67. The van der Waals surface area contributed by atoms with E-state index in [4.69, 9.17) is 15.9 Å². The van der Waals surface area contributed by atoms with Gasteiger partial charge in [-0.25, -0.2) is 0 Å². The normalized spacial score (nSPS) is 15.5. The number of amides is 2. The van der Waals surface area contributed by atoms with Gasteiger partial charge in [0.25, 0.3) is 0 Å². The maximum Gasteiger partial charge on any atom is 0.416 e. The smallest absolute Gasteiger partial charge is 0.416 e. The van der Waals surface area contributed by atoms with Crippen LogP contribution in [0.25, 0.3) is 0 Å². The lowest BCUT2D eigenvalue weighted by Gasteiger charge is -2.36. The number of benzene rings is 2. The van der Waals surface area contributed by atoms with Crippen LogP contribution in [0.5, 0.6) is 11.5 Å². The second kappa shape index (κ2) is 9.67. The molecule has 1 fully saturated rings. The molecule has 2 amide bonds. The predicted molar refractivity (Wildman–Crippen MR) is 120 cm³/mol. The van der Waals surface area contributed by atoms with Crippen molar-refractivity contribution in [2.45, 2.75) is 44.3 Å². The molecule has 178 valence electrons. The lowest BCUT2D eigenvalue weighted by Crippen LogP contribution is -2.48. The second-order valence-electron chi connectivity index (χ2n) is 8.15. The first-order valence-corrected chi connectivity index (χ1v) is 11.0. The molecule has 1 aliphatic carbocycles. The summed E-state index contributed by atoms with van der Waals surface area (Å²) in [7, 11) is 0. The van der Waals surface area contributed by atoms with Gasteiger partial charge in [0, 0.05) is 11.7 Å². The van der Waals surface area contributed by atoms with Crippen LogP contribution in [0.1, 0.15) is 37.7 Å². The molecule has 2 aliphatic rings. The molecule has 9 heteroatoms. The number of hydrogen-bond donors (Lipinski definition) is 0. The van der Waals surface area contributed by atoms with Crippen molar-refractivity contribution >= 4 is 23.2 Å². The Labute approximate surface area is 195 Å². The van der Waals surface area contributed by atoms with Gasteiger partial charge in [0.1, 0.15) is 6.54 Å². The molecule has 0 bridgehead atoms. The first-order valence-electron chi connectivity index (χ1n) is 11.0. The van der Waals surface area contributed by atoms with Crippen LogP contribution in [0.2, 0.25) is 0 Å². The van der Waals surface area contributed by atoms with Crippen molar-refractivity contribution < 1.29 is 32.2 Å². The lowest BCUT2D eigenvalue weighted by molar-refractivity contribution is -0.137. The number of carbonyl (C=O) groups excluding carboxylic acids is 2. The fraction of sp³-hybridized carbons (Fsp3) is 0.360. The number of anilines is 2. The number of carbonyl (C=O) groups is 2. The largest absolute Gasteiger partial charge is 0.454 e. The molecule has 0 radical (unpaired) electrons. The number of ether oxygens (including phenoxy) is 2. The third-order valence-corrected chi connectivity index (χ3v) is 5.99. The molecular formula is C25H23F3N2O4. The molecule has 2 aromatic rings. The number of hydrogen-bond acceptors (Lipinski definition) is 4. The number of halogens is 3. The van der Waals surface area contributed by atoms with Gasteiger partial charge in [-0.2, -0.15) is 13.2 Å². The standard InChI is InChI=1S/C25H23F3N2O4/c1-2-22(31)29(19-11-6-8-17(14-19)25(26,27)28)15-23(32)30(18-9-4-3-5-10-18)20-12-7-13-21-24(20)34-16-33-21/h1,6-8,11-14,18H,3-5,9-10,15-16H2. The van der Waals surface area contributed by atoms with Crippen LogP contribution in [0.4, 0.5) is 24.5 Å². The van der Waals surface area contributed by atoms with Gasteiger partial charge in [0.2, 0.25) is 12.7 Å². The summed E-state index contributed by atoms with van der Waals surface area (Å²) in [6.07, 6.45) is 5.10. The lowest BCUT2D eigenvalue weighted by atomic mass is 9.93. The van der Waals surface area contributed by atoms with Gasteiger partial charge >= 0.3 is 12.1 Å². The third kappa shape index (κ3) is 4.81. The molecule has 2 aromatic carbocycles. The van der Waals surface area contributed by atoms with Crippen molar-refractivity contribution in [3.63, 3.8) is 0 Å². The number of terminal acetylenes is 1. The van der Waals surface area contributed by atoms with E-state index in [9.17, 15) is 22.8 Å². The Morgan fingerprint density at radius 1 is 1.06 bits per heavy atom. The summed E-state index contributed by atoms with van der Waals surface area (Å²) in [5.74, 6) is 1.46. The van der Waals surface area contributed by atoms with Crippen LogP contribution in [-0.4, -0.2) is 31.2 Å². The van der Waals surface area contributed by atoms with Gasteiger partial charge in [0.05, 0.1) is 11.3 Å². The molecule has 0 unspecified atom stereocenters. The summed E-state index contributed by atoms with van der Waals surface area (Å²) in [4.78, 5) is 28.7. The third-order valence-electron chi connectivity index (χ3n) is 5.99. The maximum atomic E-state index is 13.7. The monoisotopic (exact) mass is 472 g/mol. The molecule has 0 saturated heterocycles. The van der Waals surface area contributed by atoms with E-state index in [1.54, 1.807) is 23.1 Å². The number of alkyl halides is 3. The highest BCUT2D eigenvalue weighted by atomic mass is 19.4. The fourth-order valence-corrected chi connectivity index (χ4v) is 4.40. The predicted octanol–water partition coefficient (Wildman–Crippen LogP) is 4.77. The zero-order chi connectivity index (χ0) is 24.3. The van der Waals surface area contributed by atoms with Crippen molar-refractivity contribution in [1.29, 1.82) is 0 Å². The fourth-order valence-electron chi connectivity index (χ4n) is 4.40. The Balaban J connectivity index is 1.70. The van der Waals surface area contributed by atoms with E-state index in [-0.39, 0.29) is 18.5 Å². The minimum absolute atomic E-state index is 0.0188. The Morgan fingerprint density at radius 3 is 2.50 bits per heavy atom. The number of fused-ring (bicyclic) bond motifs is 1. The molecule has 1 saturated carbocycles. The summed E-state index contributed by atoms with van der Waals surface area (Å²) < 4.78 is 50.8. The first-order chi connectivity index (χ1) is 16.3. The topological polar surface area (TPSA) is 59.1 Å². The van der Waals surface area contributed by atoms with Crippen LogP contribution < -0.4 is 19.3 Å². The molecule has 1 aliphatic heterocycles. The van der Waals surface area contributed by atoms with Crippen LogP contribution >= 0.6 is 0 Å². The van der Waals surface area contributed by atoms with E-state index in [0.717, 1.165) is 49.1 Å². The summed E-state index contributed by atoms with van der Waals surface area (Å²) in [5, 5.41) is 0. The van der Waals surface area contributed by atoms with Crippen molar-refractivity contribution in [2.75, 3.05) is 23.1 Å². The molecule has 6 nitrogen and oxygen atoms in total. The van der Waals surface area contributed by atoms with Gasteiger partial charge in [-0.05, 0) is 49.1 Å². The van der Waals surface area contributed by atoms with E-state index in [1.165, 1.54) is 12.1 Å². The number of nitrogens with zero attached hydrogens (tertiary/aromatic N) is 2. The SMILES string of the molecule is C#CC(=O)N(CC(=O)N(c1cccc2c1OCO2)C1CCCCC1)c1cccc(C(F)(F)F)c1. The van der Waals surface area contributed by atoms with Crippen molar-refractivity contribution in [3.8, 4) is 23.8 Å².